The van der Waals surface area contributed by atoms with Crippen LogP contribution in [0.15, 0.2) is 6.33 Å². The van der Waals surface area contributed by atoms with Crippen molar-refractivity contribution in [2.45, 2.75) is 26.7 Å². The van der Waals surface area contributed by atoms with Crippen molar-refractivity contribution in [1.29, 1.82) is 0 Å². The maximum Gasteiger partial charge on any atom is 0.205 e. The summed E-state index contributed by atoms with van der Waals surface area (Å²) in [6.07, 6.45) is 2.87. The molecule has 1 fully saturated rings. The van der Waals surface area contributed by atoms with Crippen molar-refractivity contribution in [3.8, 4) is 0 Å². The molecule has 118 valence electrons. The van der Waals surface area contributed by atoms with E-state index in [0.29, 0.717) is 17.9 Å². The zero-order valence-corrected chi connectivity index (χ0v) is 13.6. The Bertz CT molecular complexity index is 638. The molecule has 8 heteroatoms. The van der Waals surface area contributed by atoms with Gasteiger partial charge in [-0.2, -0.15) is 4.37 Å². The SMILES string of the molecule is CCc1nsc(N2CCN(c3ncnc(CC)c3F)CC2)n1. The van der Waals surface area contributed by atoms with Gasteiger partial charge in [0.25, 0.3) is 0 Å². The molecular weight excluding hydrogens is 303 g/mol. The van der Waals surface area contributed by atoms with Gasteiger partial charge in [-0.15, -0.1) is 0 Å². The van der Waals surface area contributed by atoms with Crippen LogP contribution in [0, 0.1) is 5.82 Å². The summed E-state index contributed by atoms with van der Waals surface area (Å²) in [6, 6.07) is 0. The summed E-state index contributed by atoms with van der Waals surface area (Å²) >= 11 is 1.43. The molecule has 2 aromatic rings. The van der Waals surface area contributed by atoms with E-state index in [1.165, 1.54) is 17.9 Å². The van der Waals surface area contributed by atoms with Crippen LogP contribution in [0.25, 0.3) is 0 Å². The summed E-state index contributed by atoms with van der Waals surface area (Å²) in [5.74, 6) is 1.01. The largest absolute Gasteiger partial charge is 0.351 e. The fraction of sp³-hybridized carbons (Fsp3) is 0.571. The van der Waals surface area contributed by atoms with Crippen molar-refractivity contribution in [2.75, 3.05) is 36.0 Å². The van der Waals surface area contributed by atoms with Crippen LogP contribution in [0.5, 0.6) is 0 Å². The molecule has 2 aromatic heterocycles. The van der Waals surface area contributed by atoms with Crippen molar-refractivity contribution >= 4 is 22.5 Å². The van der Waals surface area contributed by atoms with Crippen LogP contribution in [0.1, 0.15) is 25.4 Å². The minimum absolute atomic E-state index is 0.289. The third-order valence-electron chi connectivity index (χ3n) is 3.80. The Morgan fingerprint density at radius 3 is 2.45 bits per heavy atom. The highest BCUT2D eigenvalue weighted by atomic mass is 32.1. The van der Waals surface area contributed by atoms with Crippen LogP contribution in [-0.4, -0.2) is 45.5 Å². The van der Waals surface area contributed by atoms with Crippen LogP contribution in [0.3, 0.4) is 0 Å². The van der Waals surface area contributed by atoms with Gasteiger partial charge in [-0.3, -0.25) is 0 Å². The Morgan fingerprint density at radius 1 is 1.09 bits per heavy atom. The highest BCUT2D eigenvalue weighted by molar-refractivity contribution is 7.09. The first-order valence-electron chi connectivity index (χ1n) is 7.54. The smallest absolute Gasteiger partial charge is 0.205 e. The monoisotopic (exact) mass is 322 g/mol. The van der Waals surface area contributed by atoms with E-state index in [-0.39, 0.29) is 5.82 Å². The fourth-order valence-electron chi connectivity index (χ4n) is 2.49. The molecule has 1 saturated heterocycles. The molecule has 0 spiro atoms. The lowest BCUT2D eigenvalue weighted by molar-refractivity contribution is 0.568. The zero-order valence-electron chi connectivity index (χ0n) is 12.8. The van der Waals surface area contributed by atoms with E-state index >= 15 is 0 Å². The molecule has 0 aliphatic carbocycles. The second-order valence-electron chi connectivity index (χ2n) is 5.13. The third kappa shape index (κ3) is 2.87. The average molecular weight is 322 g/mol. The fourth-order valence-corrected chi connectivity index (χ4v) is 3.29. The molecule has 0 saturated carbocycles. The van der Waals surface area contributed by atoms with Crippen LogP contribution >= 0.6 is 11.5 Å². The van der Waals surface area contributed by atoms with Gasteiger partial charge in [-0.25, -0.2) is 19.3 Å². The minimum atomic E-state index is -0.289. The molecule has 3 rings (SSSR count). The normalized spacial score (nSPS) is 15.4. The highest BCUT2D eigenvalue weighted by Gasteiger charge is 2.23. The summed E-state index contributed by atoms with van der Waals surface area (Å²) < 4.78 is 18.6. The standard InChI is InChI=1S/C14H19FN6S/c1-3-10-12(15)13(17-9-16-10)20-5-7-21(8-6-20)14-18-11(4-2)19-22-14/h9H,3-8H2,1-2H3. The number of aryl methyl sites for hydroxylation is 2. The maximum atomic E-state index is 14.3. The predicted molar refractivity (Wildman–Crippen MR) is 85.1 cm³/mol. The summed E-state index contributed by atoms with van der Waals surface area (Å²) in [4.78, 5) is 16.8. The lowest BCUT2D eigenvalue weighted by Crippen LogP contribution is -2.47. The number of hydrogen-bond donors (Lipinski definition) is 0. The summed E-state index contributed by atoms with van der Waals surface area (Å²) in [5, 5.41) is 0.953. The van der Waals surface area contributed by atoms with E-state index in [0.717, 1.165) is 43.6 Å². The molecule has 0 bridgehead atoms. The Morgan fingerprint density at radius 2 is 1.82 bits per heavy atom. The molecule has 0 radical (unpaired) electrons. The minimum Gasteiger partial charge on any atom is -0.351 e. The molecule has 0 unspecified atom stereocenters. The van der Waals surface area contributed by atoms with E-state index in [9.17, 15) is 4.39 Å². The van der Waals surface area contributed by atoms with Crippen LogP contribution in [0.2, 0.25) is 0 Å². The van der Waals surface area contributed by atoms with Gasteiger partial charge in [0, 0.05) is 44.1 Å². The van der Waals surface area contributed by atoms with Crippen molar-refractivity contribution in [3.63, 3.8) is 0 Å². The first-order chi connectivity index (χ1) is 10.7. The molecule has 1 aliphatic rings. The van der Waals surface area contributed by atoms with E-state index < -0.39 is 0 Å². The molecule has 0 amide bonds. The lowest BCUT2D eigenvalue weighted by Gasteiger charge is -2.35. The molecule has 6 nitrogen and oxygen atoms in total. The molecule has 1 aliphatic heterocycles. The topological polar surface area (TPSA) is 58.0 Å². The molecule has 22 heavy (non-hydrogen) atoms. The van der Waals surface area contributed by atoms with Crippen molar-refractivity contribution in [2.24, 2.45) is 0 Å². The van der Waals surface area contributed by atoms with E-state index in [1.807, 2.05) is 18.7 Å². The van der Waals surface area contributed by atoms with Gasteiger partial charge in [-0.05, 0) is 6.42 Å². The second kappa shape index (κ2) is 6.51. The Balaban J connectivity index is 1.69. The molecule has 0 aromatic carbocycles. The predicted octanol–water partition coefficient (Wildman–Crippen LogP) is 1.92. The van der Waals surface area contributed by atoms with Crippen LogP contribution in [0.4, 0.5) is 15.3 Å². The summed E-state index contributed by atoms with van der Waals surface area (Å²) in [5.41, 5.74) is 0.476. The quantitative estimate of drug-likeness (QED) is 0.857. The number of aromatic nitrogens is 4. The maximum absolute atomic E-state index is 14.3. The lowest BCUT2D eigenvalue weighted by atomic mass is 10.2. The molecular formula is C14H19FN6S. The molecule has 0 N–H and O–H groups in total. The zero-order chi connectivity index (χ0) is 15.5. The summed E-state index contributed by atoms with van der Waals surface area (Å²) in [7, 11) is 0. The van der Waals surface area contributed by atoms with Crippen molar-refractivity contribution < 1.29 is 4.39 Å². The number of anilines is 2. The van der Waals surface area contributed by atoms with Gasteiger partial charge in [0.2, 0.25) is 5.13 Å². The third-order valence-corrected chi connectivity index (χ3v) is 4.62. The van der Waals surface area contributed by atoms with Crippen molar-refractivity contribution in [3.05, 3.63) is 23.7 Å². The van der Waals surface area contributed by atoms with Gasteiger partial charge < -0.3 is 9.80 Å². The van der Waals surface area contributed by atoms with Gasteiger partial charge in [0.1, 0.15) is 12.2 Å². The van der Waals surface area contributed by atoms with Gasteiger partial charge in [0.15, 0.2) is 11.6 Å². The van der Waals surface area contributed by atoms with E-state index in [1.54, 1.807) is 0 Å². The number of nitrogens with zero attached hydrogens (tertiary/aromatic N) is 6. The average Bonchev–Trinajstić information content (AvgIpc) is 3.04. The Hall–Kier alpha value is -1.83. The Labute approximate surface area is 133 Å². The van der Waals surface area contributed by atoms with E-state index in [4.69, 9.17) is 0 Å². The number of piperazine rings is 1. The highest BCUT2D eigenvalue weighted by Crippen LogP contribution is 2.23. The number of rotatable bonds is 4. The summed E-state index contributed by atoms with van der Waals surface area (Å²) in [6.45, 7) is 6.98. The first kappa shape index (κ1) is 15.1. The Kier molecular flexibility index (Phi) is 4.47. The van der Waals surface area contributed by atoms with Crippen LogP contribution in [-0.2, 0) is 12.8 Å². The molecule has 0 atom stereocenters. The first-order valence-corrected chi connectivity index (χ1v) is 8.32. The van der Waals surface area contributed by atoms with Gasteiger partial charge >= 0.3 is 0 Å². The van der Waals surface area contributed by atoms with Crippen LogP contribution < -0.4 is 9.80 Å². The van der Waals surface area contributed by atoms with E-state index in [2.05, 4.69) is 24.2 Å². The molecule has 3 heterocycles. The van der Waals surface area contributed by atoms with Crippen molar-refractivity contribution in [1.82, 2.24) is 19.3 Å². The van der Waals surface area contributed by atoms with Gasteiger partial charge in [-0.1, -0.05) is 13.8 Å². The second-order valence-corrected chi connectivity index (χ2v) is 5.86. The van der Waals surface area contributed by atoms with Gasteiger partial charge in [0.05, 0.1) is 5.69 Å². The number of halogens is 1. The number of hydrogen-bond acceptors (Lipinski definition) is 7.